The first-order chi connectivity index (χ1) is 11.7. The topological polar surface area (TPSA) is 45.9 Å². The van der Waals surface area contributed by atoms with Gasteiger partial charge in [0.2, 0.25) is 0 Å². The zero-order valence-electron chi connectivity index (χ0n) is 13.3. The molecule has 0 atom stereocenters. The summed E-state index contributed by atoms with van der Waals surface area (Å²) in [5.41, 5.74) is 3.53. The van der Waals surface area contributed by atoms with E-state index in [0.29, 0.717) is 12.2 Å². The molecule has 0 saturated heterocycles. The monoisotopic (exact) mass is 332 g/mol. The van der Waals surface area contributed by atoms with Crippen molar-refractivity contribution < 1.29 is 4.74 Å². The van der Waals surface area contributed by atoms with E-state index in [9.17, 15) is 5.26 Å². The number of nitriles is 1. The Hall–Kier alpha value is -2.90. The molecule has 0 aliphatic rings. The zero-order chi connectivity index (χ0) is 16.8. The number of hydrogen-bond acceptors (Lipinski definition) is 4. The number of rotatable bonds is 5. The van der Waals surface area contributed by atoms with Gasteiger partial charge in [0.1, 0.15) is 23.4 Å². The van der Waals surface area contributed by atoms with Crippen LogP contribution in [0.2, 0.25) is 0 Å². The summed E-state index contributed by atoms with van der Waals surface area (Å²) < 4.78 is 5.83. The molecule has 24 heavy (non-hydrogen) atoms. The van der Waals surface area contributed by atoms with Gasteiger partial charge in [0.05, 0.1) is 5.57 Å². The van der Waals surface area contributed by atoms with Gasteiger partial charge in [-0.2, -0.15) is 5.26 Å². The maximum Gasteiger partial charge on any atom is 0.134 e. The first-order valence-corrected chi connectivity index (χ1v) is 8.43. The van der Waals surface area contributed by atoms with Gasteiger partial charge in [-0.05, 0) is 36.3 Å². The Morgan fingerprint density at radius 2 is 2.04 bits per heavy atom. The first-order valence-electron chi connectivity index (χ1n) is 7.56. The fourth-order valence-electron chi connectivity index (χ4n) is 2.22. The van der Waals surface area contributed by atoms with Crippen molar-refractivity contribution >= 4 is 23.0 Å². The molecule has 3 aromatic rings. The minimum Gasteiger partial charge on any atom is -0.489 e. The van der Waals surface area contributed by atoms with Gasteiger partial charge >= 0.3 is 0 Å². The van der Waals surface area contributed by atoms with Gasteiger partial charge in [-0.15, -0.1) is 11.3 Å². The molecule has 0 N–H and O–H groups in total. The smallest absolute Gasteiger partial charge is 0.134 e. The largest absolute Gasteiger partial charge is 0.489 e. The molecule has 0 aliphatic heterocycles. The Bertz CT molecular complexity index is 891. The molecule has 1 heterocycles. The molecule has 118 valence electrons. The van der Waals surface area contributed by atoms with E-state index in [1.807, 2.05) is 73.0 Å². The lowest BCUT2D eigenvalue weighted by Gasteiger charge is -2.07. The molecule has 0 radical (unpaired) electrons. The van der Waals surface area contributed by atoms with Crippen LogP contribution in [-0.4, -0.2) is 4.98 Å². The van der Waals surface area contributed by atoms with Crippen molar-refractivity contribution in [2.45, 2.75) is 13.5 Å². The fourth-order valence-corrected chi connectivity index (χ4v) is 2.98. The number of aromatic nitrogens is 1. The summed E-state index contributed by atoms with van der Waals surface area (Å²) in [5.74, 6) is 0.778. The van der Waals surface area contributed by atoms with E-state index in [1.54, 1.807) is 0 Å². The lowest BCUT2D eigenvalue weighted by molar-refractivity contribution is 0.306. The number of ether oxygens (including phenoxy) is 1. The fraction of sp³-hybridized carbons (Fsp3) is 0.100. The van der Waals surface area contributed by atoms with E-state index in [4.69, 9.17) is 4.74 Å². The highest BCUT2D eigenvalue weighted by Gasteiger charge is 2.06. The van der Waals surface area contributed by atoms with Gasteiger partial charge in [-0.3, -0.25) is 0 Å². The van der Waals surface area contributed by atoms with Crippen LogP contribution in [0.25, 0.3) is 11.6 Å². The molecule has 3 nitrogen and oxygen atoms in total. The second kappa shape index (κ2) is 7.58. The number of nitrogens with zero attached hydrogens (tertiary/aromatic N) is 2. The van der Waals surface area contributed by atoms with Crippen molar-refractivity contribution in [1.82, 2.24) is 4.98 Å². The Labute approximate surface area is 145 Å². The Morgan fingerprint density at radius 1 is 1.21 bits per heavy atom. The van der Waals surface area contributed by atoms with Crippen LogP contribution < -0.4 is 4.74 Å². The van der Waals surface area contributed by atoms with Crippen molar-refractivity contribution in [2.75, 3.05) is 0 Å². The highest BCUT2D eigenvalue weighted by molar-refractivity contribution is 7.11. The molecule has 0 unspecified atom stereocenters. The van der Waals surface area contributed by atoms with E-state index < -0.39 is 0 Å². The number of benzene rings is 2. The van der Waals surface area contributed by atoms with Crippen LogP contribution in [0.5, 0.6) is 5.75 Å². The van der Waals surface area contributed by atoms with E-state index in [-0.39, 0.29) is 0 Å². The van der Waals surface area contributed by atoms with Gasteiger partial charge in [-0.25, -0.2) is 4.98 Å². The first kappa shape index (κ1) is 16.0. The normalized spacial score (nSPS) is 11.1. The molecule has 0 spiro atoms. The summed E-state index contributed by atoms with van der Waals surface area (Å²) in [6, 6.07) is 20.0. The van der Waals surface area contributed by atoms with Gasteiger partial charge in [-0.1, -0.05) is 42.5 Å². The summed E-state index contributed by atoms with van der Waals surface area (Å²) in [4.78, 5) is 4.37. The van der Waals surface area contributed by atoms with E-state index in [2.05, 4.69) is 11.1 Å². The van der Waals surface area contributed by atoms with Gasteiger partial charge in [0, 0.05) is 11.1 Å². The van der Waals surface area contributed by atoms with Crippen LogP contribution in [0.15, 0.2) is 60.0 Å². The van der Waals surface area contributed by atoms with Gasteiger partial charge < -0.3 is 4.74 Å². The molecule has 0 aliphatic carbocycles. The quantitative estimate of drug-likeness (QED) is 0.611. The molecule has 3 rings (SSSR count). The minimum atomic E-state index is 0.519. The van der Waals surface area contributed by atoms with Crippen molar-refractivity contribution in [1.29, 1.82) is 5.26 Å². The minimum absolute atomic E-state index is 0.519. The van der Waals surface area contributed by atoms with Gasteiger partial charge in [0.25, 0.3) is 0 Å². The molecular weight excluding hydrogens is 316 g/mol. The summed E-state index contributed by atoms with van der Waals surface area (Å²) in [5, 5.41) is 12.1. The maximum absolute atomic E-state index is 9.39. The van der Waals surface area contributed by atoms with Gasteiger partial charge in [0.15, 0.2) is 0 Å². The molecule has 0 amide bonds. The molecule has 0 saturated carbocycles. The average molecular weight is 332 g/mol. The number of allylic oxidation sites excluding steroid dienone is 1. The van der Waals surface area contributed by atoms with Crippen molar-refractivity contribution in [3.63, 3.8) is 0 Å². The Kier molecular flexibility index (Phi) is 5.05. The van der Waals surface area contributed by atoms with Crippen LogP contribution in [0, 0.1) is 18.3 Å². The second-order valence-corrected chi connectivity index (χ2v) is 6.17. The zero-order valence-corrected chi connectivity index (χ0v) is 14.1. The van der Waals surface area contributed by atoms with Crippen LogP contribution in [-0.2, 0) is 6.61 Å². The molecule has 4 heteroatoms. The third kappa shape index (κ3) is 4.09. The lowest BCUT2D eigenvalue weighted by atomic mass is 10.1. The SMILES string of the molecule is Cc1csc(/C(C#N)=C/c2cccc(OCc3ccccc3)c2)n1. The summed E-state index contributed by atoms with van der Waals surface area (Å²) in [6.45, 7) is 2.44. The standard InChI is InChI=1S/C20H16N2OS/c1-15-14-24-20(22-15)18(12-21)10-17-8-5-9-19(11-17)23-13-16-6-3-2-4-7-16/h2-11,14H,13H2,1H3/b18-10+. The molecule has 0 fully saturated rings. The van der Waals surface area contributed by atoms with Crippen LogP contribution in [0.1, 0.15) is 21.8 Å². The van der Waals surface area contributed by atoms with Crippen LogP contribution >= 0.6 is 11.3 Å². The highest BCUT2D eigenvalue weighted by atomic mass is 32.1. The second-order valence-electron chi connectivity index (χ2n) is 5.31. The van der Waals surface area contributed by atoms with E-state index >= 15 is 0 Å². The summed E-state index contributed by atoms with van der Waals surface area (Å²) in [6.07, 6.45) is 1.84. The van der Waals surface area contributed by atoms with E-state index in [0.717, 1.165) is 27.6 Å². The third-order valence-corrected chi connectivity index (χ3v) is 4.38. The predicted molar refractivity (Wildman–Crippen MR) is 97.6 cm³/mol. The number of thiazole rings is 1. The van der Waals surface area contributed by atoms with Crippen molar-refractivity contribution in [2.24, 2.45) is 0 Å². The van der Waals surface area contributed by atoms with Crippen LogP contribution in [0.4, 0.5) is 0 Å². The van der Waals surface area contributed by atoms with E-state index in [1.165, 1.54) is 11.3 Å². The summed E-state index contributed by atoms with van der Waals surface area (Å²) >= 11 is 1.48. The van der Waals surface area contributed by atoms with Crippen molar-refractivity contribution in [3.05, 3.63) is 81.8 Å². The predicted octanol–water partition coefficient (Wildman–Crippen LogP) is 5.09. The molecule has 0 bridgehead atoms. The third-order valence-electron chi connectivity index (χ3n) is 3.39. The molecular formula is C20H16N2OS. The maximum atomic E-state index is 9.39. The Balaban J connectivity index is 1.77. The summed E-state index contributed by atoms with van der Waals surface area (Å²) in [7, 11) is 0. The van der Waals surface area contributed by atoms with Crippen molar-refractivity contribution in [3.8, 4) is 11.8 Å². The number of hydrogen-bond donors (Lipinski definition) is 0. The lowest BCUT2D eigenvalue weighted by Crippen LogP contribution is -1.95. The number of aryl methyl sites for hydroxylation is 1. The highest BCUT2D eigenvalue weighted by Crippen LogP contribution is 2.23. The molecule has 2 aromatic carbocycles. The molecule has 1 aromatic heterocycles. The average Bonchev–Trinajstić information content (AvgIpc) is 3.05. The Morgan fingerprint density at radius 3 is 2.75 bits per heavy atom. The van der Waals surface area contributed by atoms with Crippen LogP contribution in [0.3, 0.4) is 0 Å².